The summed E-state index contributed by atoms with van der Waals surface area (Å²) in [7, 11) is 1.52. The molecule has 0 aliphatic carbocycles. The Labute approximate surface area is 219 Å². The number of aromatic nitrogens is 1. The molecule has 3 amide bonds. The van der Waals surface area contributed by atoms with Crippen LogP contribution in [0.5, 0.6) is 11.5 Å². The summed E-state index contributed by atoms with van der Waals surface area (Å²) in [6.45, 7) is 4.49. The molecule has 1 heterocycles. The lowest BCUT2D eigenvalue weighted by molar-refractivity contribution is -0.126. The number of phenols is 1. The first-order valence-corrected chi connectivity index (χ1v) is 12.5. The lowest BCUT2D eigenvalue weighted by Gasteiger charge is -2.32. The summed E-state index contributed by atoms with van der Waals surface area (Å²) in [5.74, 6) is -0.963. The molecule has 0 saturated heterocycles. The van der Waals surface area contributed by atoms with Crippen molar-refractivity contribution in [3.05, 3.63) is 70.2 Å². The third kappa shape index (κ3) is 6.56. The van der Waals surface area contributed by atoms with E-state index in [0.717, 1.165) is 18.0 Å². The number of carbonyl (C=O) groups is 3. The number of phenolic OH excluding ortho intramolecular Hbond substituents is 1. The van der Waals surface area contributed by atoms with Crippen LogP contribution in [0.1, 0.15) is 57.6 Å². The van der Waals surface area contributed by atoms with Crippen molar-refractivity contribution in [3.8, 4) is 11.5 Å². The van der Waals surface area contributed by atoms with Crippen molar-refractivity contribution >= 4 is 34.9 Å². The molecule has 0 bridgehead atoms. The number of nitrogens with two attached hydrogens (primary N) is 2. The summed E-state index contributed by atoms with van der Waals surface area (Å²) < 4.78 is 9.43. The number of hydrogen-bond acceptors (Lipinski definition) is 8. The third-order valence-electron chi connectivity index (χ3n) is 5.74. The fourth-order valence-electron chi connectivity index (χ4n) is 3.77. The number of methoxy groups -OCH3 is 1. The van der Waals surface area contributed by atoms with Crippen LogP contribution in [0.25, 0.3) is 0 Å². The van der Waals surface area contributed by atoms with Crippen LogP contribution >= 0.6 is 11.5 Å². The van der Waals surface area contributed by atoms with Gasteiger partial charge < -0.3 is 31.5 Å². The second-order valence-electron chi connectivity index (χ2n) is 8.85. The fourth-order valence-corrected chi connectivity index (χ4v) is 4.53. The molecular weight excluding hydrogens is 494 g/mol. The molecule has 2 aromatic carbocycles. The molecule has 11 heteroatoms. The Kier molecular flexibility index (Phi) is 9.07. The van der Waals surface area contributed by atoms with Crippen LogP contribution in [0.3, 0.4) is 0 Å². The lowest BCUT2D eigenvalue weighted by Crippen LogP contribution is -2.43. The normalized spacial score (nSPS) is 11.7. The molecule has 0 aliphatic heterocycles. The smallest absolute Gasteiger partial charge is 0.270 e. The lowest BCUT2D eigenvalue weighted by atomic mass is 10.0. The van der Waals surface area contributed by atoms with E-state index in [2.05, 4.69) is 9.69 Å². The monoisotopic (exact) mass is 525 g/mol. The zero-order valence-corrected chi connectivity index (χ0v) is 21.7. The molecule has 0 saturated carbocycles. The average molecular weight is 526 g/mol. The zero-order chi connectivity index (χ0) is 27.1. The minimum atomic E-state index is -1.09. The predicted octanol–water partition coefficient (Wildman–Crippen LogP) is 3.08. The van der Waals surface area contributed by atoms with E-state index in [0.29, 0.717) is 29.3 Å². The van der Waals surface area contributed by atoms with Crippen LogP contribution in [-0.2, 0) is 11.3 Å². The molecule has 0 spiro atoms. The number of nitrogens with one attached hydrogen (secondary N) is 1. The van der Waals surface area contributed by atoms with Gasteiger partial charge in [-0.3, -0.25) is 14.4 Å². The quantitative estimate of drug-likeness (QED) is 0.299. The summed E-state index contributed by atoms with van der Waals surface area (Å²) in [5.41, 5.74) is 12.2. The second-order valence-corrected chi connectivity index (χ2v) is 9.62. The molecule has 0 fully saturated rings. The van der Waals surface area contributed by atoms with Crippen LogP contribution in [-0.4, -0.2) is 45.8 Å². The largest absolute Gasteiger partial charge is 0.508 e. The van der Waals surface area contributed by atoms with Gasteiger partial charge in [-0.05, 0) is 47.6 Å². The Bertz CT molecular complexity index is 1260. The van der Waals surface area contributed by atoms with Crippen LogP contribution in [0.4, 0.5) is 5.69 Å². The van der Waals surface area contributed by atoms with Gasteiger partial charge in [0.15, 0.2) is 5.69 Å². The molecule has 37 heavy (non-hydrogen) atoms. The Morgan fingerprint density at radius 3 is 2.41 bits per heavy atom. The van der Waals surface area contributed by atoms with Gasteiger partial charge in [-0.25, -0.2) is 0 Å². The van der Waals surface area contributed by atoms with E-state index in [-0.39, 0.29) is 28.6 Å². The average Bonchev–Trinajstić information content (AvgIpc) is 3.25. The number of primary amides is 1. The summed E-state index contributed by atoms with van der Waals surface area (Å²) in [5, 5.41) is 12.8. The van der Waals surface area contributed by atoms with Crippen molar-refractivity contribution in [2.75, 3.05) is 19.4 Å². The summed E-state index contributed by atoms with van der Waals surface area (Å²) in [6.07, 6.45) is 0.748. The van der Waals surface area contributed by atoms with Gasteiger partial charge in [0.25, 0.3) is 11.8 Å². The number of nitrogens with zero attached hydrogens (tertiary/aromatic N) is 2. The van der Waals surface area contributed by atoms with E-state index in [1.807, 2.05) is 13.8 Å². The number of para-hydroxylation sites is 1. The molecule has 0 aliphatic rings. The maximum absolute atomic E-state index is 14.0. The minimum Gasteiger partial charge on any atom is -0.508 e. The molecule has 10 nitrogen and oxygen atoms in total. The highest BCUT2D eigenvalue weighted by molar-refractivity contribution is 7.09. The van der Waals surface area contributed by atoms with E-state index >= 15 is 0 Å². The number of aromatic hydroxyl groups is 1. The second kappa shape index (κ2) is 12.2. The van der Waals surface area contributed by atoms with Crippen LogP contribution in [0.2, 0.25) is 0 Å². The van der Waals surface area contributed by atoms with E-state index in [9.17, 15) is 19.5 Å². The van der Waals surface area contributed by atoms with Gasteiger partial charge in [0.1, 0.15) is 22.4 Å². The first-order valence-electron chi connectivity index (χ1n) is 11.7. The maximum Gasteiger partial charge on any atom is 0.270 e. The first kappa shape index (κ1) is 27.5. The topological polar surface area (TPSA) is 161 Å². The van der Waals surface area contributed by atoms with Crippen molar-refractivity contribution < 1.29 is 24.2 Å². The Morgan fingerprint density at radius 2 is 1.81 bits per heavy atom. The first-order chi connectivity index (χ1) is 17.6. The zero-order valence-electron chi connectivity index (χ0n) is 20.9. The Morgan fingerprint density at radius 1 is 1.14 bits per heavy atom. The standard InChI is InChI=1S/C26H31N5O5S/c1-15(2)12-13-29-25(34)22(16-8-10-18(32)11-9-16)31(14-17-6-4-5-7-19(17)36-3)26(35)23-20(27)21(24(28)33)30-37-23/h4-11,15,22,32H,12-14,27H2,1-3H3,(H2,28,33)(H,29,34). The maximum atomic E-state index is 14.0. The van der Waals surface area contributed by atoms with Crippen molar-refractivity contribution in [1.82, 2.24) is 14.6 Å². The van der Waals surface area contributed by atoms with E-state index < -0.39 is 23.8 Å². The van der Waals surface area contributed by atoms with Gasteiger partial charge in [0, 0.05) is 12.1 Å². The highest BCUT2D eigenvalue weighted by Crippen LogP contribution is 2.32. The molecule has 1 atom stereocenters. The Hall–Kier alpha value is -4.12. The summed E-state index contributed by atoms with van der Waals surface area (Å²) >= 11 is 0.740. The molecule has 3 rings (SSSR count). The van der Waals surface area contributed by atoms with E-state index in [1.54, 1.807) is 36.4 Å². The number of hydrogen-bond donors (Lipinski definition) is 4. The number of rotatable bonds is 11. The predicted molar refractivity (Wildman–Crippen MR) is 141 cm³/mol. The summed E-state index contributed by atoms with van der Waals surface area (Å²) in [4.78, 5) is 40.6. The van der Waals surface area contributed by atoms with Gasteiger partial charge in [-0.2, -0.15) is 4.37 Å². The number of benzene rings is 2. The van der Waals surface area contributed by atoms with Gasteiger partial charge >= 0.3 is 0 Å². The SMILES string of the molecule is COc1ccccc1CN(C(=O)c1snc(C(N)=O)c1N)C(C(=O)NCCC(C)C)c1ccc(O)cc1. The molecule has 3 aromatic rings. The molecule has 1 unspecified atom stereocenters. The van der Waals surface area contributed by atoms with Gasteiger partial charge in [-0.15, -0.1) is 0 Å². The van der Waals surface area contributed by atoms with Crippen LogP contribution < -0.4 is 21.5 Å². The number of amides is 3. The highest BCUT2D eigenvalue weighted by atomic mass is 32.1. The fraction of sp³-hybridized carbons (Fsp3) is 0.308. The van der Waals surface area contributed by atoms with Crippen molar-refractivity contribution in [3.63, 3.8) is 0 Å². The van der Waals surface area contributed by atoms with Crippen LogP contribution in [0, 0.1) is 5.92 Å². The number of nitrogen functional groups attached to an aromatic ring is 1. The minimum absolute atomic E-state index is 0.0116. The number of carbonyl (C=O) groups excluding carboxylic acids is 3. The third-order valence-corrected chi connectivity index (χ3v) is 6.59. The molecular formula is C26H31N5O5S. The summed E-state index contributed by atoms with van der Waals surface area (Å²) in [6, 6.07) is 12.1. The van der Waals surface area contributed by atoms with Crippen molar-refractivity contribution in [2.24, 2.45) is 11.7 Å². The molecule has 196 valence electrons. The number of anilines is 1. The van der Waals surface area contributed by atoms with Gasteiger partial charge in [-0.1, -0.05) is 44.2 Å². The van der Waals surface area contributed by atoms with E-state index in [1.165, 1.54) is 24.1 Å². The molecule has 0 radical (unpaired) electrons. The van der Waals surface area contributed by atoms with Gasteiger partial charge in [0.05, 0.1) is 19.3 Å². The van der Waals surface area contributed by atoms with Crippen molar-refractivity contribution in [2.45, 2.75) is 32.9 Å². The van der Waals surface area contributed by atoms with E-state index in [4.69, 9.17) is 16.2 Å². The molecule has 1 aromatic heterocycles. The van der Waals surface area contributed by atoms with Crippen LogP contribution in [0.15, 0.2) is 48.5 Å². The molecule has 6 N–H and O–H groups in total. The van der Waals surface area contributed by atoms with Gasteiger partial charge in [0.2, 0.25) is 5.91 Å². The highest BCUT2D eigenvalue weighted by Gasteiger charge is 2.35. The Balaban J connectivity index is 2.13. The van der Waals surface area contributed by atoms with Crippen molar-refractivity contribution in [1.29, 1.82) is 0 Å². The number of ether oxygens (including phenoxy) is 1.